The summed E-state index contributed by atoms with van der Waals surface area (Å²) in [4.78, 5) is 20.4. The zero-order valence-electron chi connectivity index (χ0n) is 6.09. The predicted octanol–water partition coefficient (Wildman–Crippen LogP) is 0.695. The second-order valence-corrected chi connectivity index (χ2v) is 1.82. The third-order valence-corrected chi connectivity index (χ3v) is 0.735. The van der Waals surface area contributed by atoms with E-state index in [-0.39, 0.29) is 18.4 Å². The Balaban J connectivity index is 3.36. The van der Waals surface area contributed by atoms with Crippen LogP contribution in [-0.2, 0) is 14.3 Å². The van der Waals surface area contributed by atoms with Crippen molar-refractivity contribution in [2.24, 2.45) is 0 Å². The van der Waals surface area contributed by atoms with Crippen LogP contribution in [0.25, 0.3) is 0 Å². The van der Waals surface area contributed by atoms with Crippen molar-refractivity contribution in [3.8, 4) is 0 Å². The molecule has 0 fully saturated rings. The minimum atomic E-state index is -0.340. The minimum Gasteiger partial charge on any atom is -0.462 e. The van der Waals surface area contributed by atoms with Crippen LogP contribution < -0.4 is 0 Å². The maximum absolute atomic E-state index is 10.3. The van der Waals surface area contributed by atoms with E-state index in [1.54, 1.807) is 0 Å². The van der Waals surface area contributed by atoms with Gasteiger partial charge in [-0.15, -0.1) is 0 Å². The summed E-state index contributed by atoms with van der Waals surface area (Å²) in [5, 5.41) is 0. The number of ketones is 1. The van der Waals surface area contributed by atoms with E-state index in [4.69, 9.17) is 0 Å². The first-order valence-electron chi connectivity index (χ1n) is 2.93. The van der Waals surface area contributed by atoms with Gasteiger partial charge in [0.15, 0.2) is 5.78 Å². The van der Waals surface area contributed by atoms with Gasteiger partial charge < -0.3 is 4.74 Å². The summed E-state index contributed by atoms with van der Waals surface area (Å²) >= 11 is 0. The summed E-state index contributed by atoms with van der Waals surface area (Å²) in [6.07, 6.45) is 2.87. The summed E-state index contributed by atoms with van der Waals surface area (Å²) in [5.41, 5.74) is 0. The molecule has 0 saturated carbocycles. The molecular weight excluding hydrogens is 132 g/mol. The highest BCUT2D eigenvalue weighted by Gasteiger charge is 1.87. The molecule has 0 saturated heterocycles. The van der Waals surface area contributed by atoms with Gasteiger partial charge in [0.2, 0.25) is 0 Å². The van der Waals surface area contributed by atoms with Gasteiger partial charge >= 0.3 is 5.97 Å². The molecule has 0 aromatic heterocycles. The molecule has 0 aromatic carbocycles. The number of esters is 1. The van der Waals surface area contributed by atoms with Crippen LogP contribution in [-0.4, -0.2) is 18.4 Å². The summed E-state index contributed by atoms with van der Waals surface area (Å²) in [6, 6.07) is 0. The molecular formula is C7H10O3. The molecule has 0 N–H and O–H groups in total. The third kappa shape index (κ3) is 6.88. The van der Waals surface area contributed by atoms with Crippen molar-refractivity contribution in [3.63, 3.8) is 0 Å². The normalized spacial score (nSPS) is 9.80. The fourth-order valence-corrected chi connectivity index (χ4v) is 0.380. The van der Waals surface area contributed by atoms with Gasteiger partial charge in [0, 0.05) is 6.92 Å². The lowest BCUT2D eigenvalue weighted by molar-refractivity contribution is -0.139. The maximum atomic E-state index is 10.3. The molecule has 10 heavy (non-hydrogen) atoms. The average Bonchev–Trinajstić information content (AvgIpc) is 1.79. The molecule has 0 spiro atoms. The lowest BCUT2D eigenvalue weighted by atomic mass is 10.4. The van der Waals surface area contributed by atoms with Crippen LogP contribution in [0.5, 0.6) is 0 Å². The van der Waals surface area contributed by atoms with Gasteiger partial charge in [-0.25, -0.2) is 0 Å². The Morgan fingerprint density at radius 2 is 2.00 bits per heavy atom. The Morgan fingerprint density at radius 3 is 2.40 bits per heavy atom. The SMILES string of the molecule is CC(=O)C=CCOC(C)=O. The smallest absolute Gasteiger partial charge is 0.302 e. The highest BCUT2D eigenvalue weighted by atomic mass is 16.5. The van der Waals surface area contributed by atoms with Gasteiger partial charge in [0.25, 0.3) is 0 Å². The molecule has 0 aliphatic rings. The first-order chi connectivity index (χ1) is 4.63. The molecule has 0 atom stereocenters. The third-order valence-electron chi connectivity index (χ3n) is 0.735. The van der Waals surface area contributed by atoms with E-state index in [0.717, 1.165) is 0 Å². The van der Waals surface area contributed by atoms with Gasteiger partial charge in [0.05, 0.1) is 0 Å². The van der Waals surface area contributed by atoms with Crippen molar-refractivity contribution in [3.05, 3.63) is 12.2 Å². The van der Waals surface area contributed by atoms with Gasteiger partial charge in [-0.1, -0.05) is 0 Å². The van der Waals surface area contributed by atoms with Crippen molar-refractivity contribution < 1.29 is 14.3 Å². The van der Waals surface area contributed by atoms with Crippen LogP contribution in [0, 0.1) is 0 Å². The van der Waals surface area contributed by atoms with Gasteiger partial charge in [-0.2, -0.15) is 0 Å². The number of allylic oxidation sites excluding steroid dienone is 1. The molecule has 3 nitrogen and oxygen atoms in total. The van der Waals surface area contributed by atoms with Crippen LogP contribution in [0.4, 0.5) is 0 Å². The molecule has 0 aliphatic carbocycles. The summed E-state index contributed by atoms with van der Waals surface area (Å²) in [7, 11) is 0. The van der Waals surface area contributed by atoms with E-state index in [1.165, 1.54) is 26.0 Å². The Labute approximate surface area is 59.7 Å². The number of hydrogen-bond acceptors (Lipinski definition) is 3. The second kappa shape index (κ2) is 4.73. The van der Waals surface area contributed by atoms with E-state index < -0.39 is 0 Å². The fraction of sp³-hybridized carbons (Fsp3) is 0.429. The first kappa shape index (κ1) is 8.88. The summed E-state index contributed by atoms with van der Waals surface area (Å²) in [5.74, 6) is -0.389. The second-order valence-electron chi connectivity index (χ2n) is 1.82. The average molecular weight is 142 g/mol. The molecule has 3 heteroatoms. The Hall–Kier alpha value is -1.12. The monoisotopic (exact) mass is 142 g/mol. The molecule has 0 unspecified atom stereocenters. The number of hydrogen-bond donors (Lipinski definition) is 0. The largest absolute Gasteiger partial charge is 0.462 e. The maximum Gasteiger partial charge on any atom is 0.302 e. The van der Waals surface area contributed by atoms with Crippen LogP contribution in [0.15, 0.2) is 12.2 Å². The zero-order chi connectivity index (χ0) is 7.98. The Kier molecular flexibility index (Phi) is 4.20. The van der Waals surface area contributed by atoms with Gasteiger partial charge in [0.1, 0.15) is 6.61 Å². The quantitative estimate of drug-likeness (QED) is 0.430. The minimum absolute atomic E-state index is 0.0489. The van der Waals surface area contributed by atoms with Crippen molar-refractivity contribution in [1.29, 1.82) is 0 Å². The topological polar surface area (TPSA) is 43.4 Å². The van der Waals surface area contributed by atoms with E-state index in [2.05, 4.69) is 4.74 Å². The molecule has 0 amide bonds. The molecule has 0 radical (unpaired) electrons. The van der Waals surface area contributed by atoms with E-state index >= 15 is 0 Å². The van der Waals surface area contributed by atoms with E-state index in [0.29, 0.717) is 0 Å². The summed E-state index contributed by atoms with van der Waals surface area (Å²) in [6.45, 7) is 2.93. The molecule has 0 bridgehead atoms. The molecule has 56 valence electrons. The highest BCUT2D eigenvalue weighted by Crippen LogP contribution is 1.79. The number of carbonyl (C=O) groups excluding carboxylic acids is 2. The van der Waals surface area contributed by atoms with Crippen LogP contribution in [0.1, 0.15) is 13.8 Å². The van der Waals surface area contributed by atoms with E-state index in [9.17, 15) is 9.59 Å². The molecule has 0 rings (SSSR count). The lowest BCUT2D eigenvalue weighted by Gasteiger charge is -1.92. The van der Waals surface area contributed by atoms with Crippen LogP contribution >= 0.6 is 0 Å². The van der Waals surface area contributed by atoms with Gasteiger partial charge in [-0.05, 0) is 19.1 Å². The van der Waals surface area contributed by atoms with Crippen molar-refractivity contribution in [1.82, 2.24) is 0 Å². The Morgan fingerprint density at radius 1 is 1.40 bits per heavy atom. The number of carbonyl (C=O) groups is 2. The van der Waals surface area contributed by atoms with Crippen molar-refractivity contribution in [2.75, 3.05) is 6.61 Å². The summed E-state index contributed by atoms with van der Waals surface area (Å²) < 4.78 is 4.51. The van der Waals surface area contributed by atoms with Gasteiger partial charge in [-0.3, -0.25) is 9.59 Å². The van der Waals surface area contributed by atoms with Crippen LogP contribution in [0.3, 0.4) is 0 Å². The highest BCUT2D eigenvalue weighted by molar-refractivity contribution is 5.87. The fourth-order valence-electron chi connectivity index (χ4n) is 0.380. The standard InChI is InChI=1S/C7H10O3/c1-6(8)4-3-5-10-7(2)9/h3-4H,5H2,1-2H3. The van der Waals surface area contributed by atoms with Crippen molar-refractivity contribution >= 4 is 11.8 Å². The number of rotatable bonds is 3. The predicted molar refractivity (Wildman–Crippen MR) is 36.5 cm³/mol. The molecule has 0 heterocycles. The van der Waals surface area contributed by atoms with Crippen molar-refractivity contribution in [2.45, 2.75) is 13.8 Å². The molecule has 0 aliphatic heterocycles. The van der Waals surface area contributed by atoms with Crippen LogP contribution in [0.2, 0.25) is 0 Å². The lowest BCUT2D eigenvalue weighted by Crippen LogP contribution is -1.97. The molecule has 0 aromatic rings. The first-order valence-corrected chi connectivity index (χ1v) is 2.93. The zero-order valence-corrected chi connectivity index (χ0v) is 6.09. The number of ether oxygens (including phenoxy) is 1. The van der Waals surface area contributed by atoms with E-state index in [1.807, 2.05) is 0 Å². The Bertz CT molecular complexity index is 158.